The van der Waals surface area contributed by atoms with Gasteiger partial charge in [-0.15, -0.1) is 0 Å². The molecule has 60 valence electrons. The third-order valence-corrected chi connectivity index (χ3v) is 1.41. The van der Waals surface area contributed by atoms with Gasteiger partial charge in [-0.25, -0.2) is 8.78 Å². The normalized spacial score (nSPS) is 13.0. The monoisotopic (exact) mass is 158 g/mol. The second kappa shape index (κ2) is 3.44. The molecule has 1 aromatic rings. The van der Waals surface area contributed by atoms with E-state index >= 15 is 0 Å². The van der Waals surface area contributed by atoms with E-state index in [4.69, 9.17) is 5.11 Å². The van der Waals surface area contributed by atoms with Crippen molar-refractivity contribution in [1.29, 1.82) is 0 Å². The molecule has 0 heterocycles. The van der Waals surface area contributed by atoms with E-state index in [-0.39, 0.29) is 5.56 Å². The molecular formula is C8H8F2O. The number of aliphatic hydroxyl groups excluding tert-OH is 1. The van der Waals surface area contributed by atoms with Gasteiger partial charge in [0.05, 0.1) is 0 Å². The molecule has 11 heavy (non-hydrogen) atoms. The molecule has 0 amide bonds. The highest BCUT2D eigenvalue weighted by molar-refractivity contribution is 5.19. The lowest BCUT2D eigenvalue weighted by molar-refractivity contribution is 0.138. The van der Waals surface area contributed by atoms with E-state index in [1.54, 1.807) is 6.07 Å². The molecule has 0 radical (unpaired) electrons. The number of alkyl halides is 1. The summed E-state index contributed by atoms with van der Waals surface area (Å²) in [6.07, 6.45) is -1.34. The predicted molar refractivity (Wildman–Crippen MR) is 37.3 cm³/mol. The maximum atomic E-state index is 12.7. The maximum Gasteiger partial charge on any atom is 0.129 e. The van der Waals surface area contributed by atoms with Gasteiger partial charge in [0, 0.05) is 5.56 Å². The zero-order chi connectivity index (χ0) is 8.27. The van der Waals surface area contributed by atoms with E-state index in [1.165, 1.54) is 18.2 Å². The number of benzene rings is 1. The maximum absolute atomic E-state index is 12.7. The fourth-order valence-electron chi connectivity index (χ4n) is 0.828. The van der Waals surface area contributed by atoms with Crippen LogP contribution in [0.15, 0.2) is 24.3 Å². The Bertz CT molecular complexity index is 237. The van der Waals surface area contributed by atoms with Crippen LogP contribution >= 0.6 is 0 Å². The van der Waals surface area contributed by atoms with E-state index in [2.05, 4.69) is 0 Å². The van der Waals surface area contributed by atoms with Crippen LogP contribution in [0.5, 0.6) is 0 Å². The minimum atomic E-state index is -1.34. The Labute approximate surface area is 63.3 Å². The lowest BCUT2D eigenvalue weighted by Crippen LogP contribution is -2.01. The van der Waals surface area contributed by atoms with Crippen LogP contribution in [0.25, 0.3) is 0 Å². The minimum Gasteiger partial charge on any atom is -0.386 e. The fraction of sp³-hybridized carbons (Fsp3) is 0.250. The van der Waals surface area contributed by atoms with Gasteiger partial charge in [-0.05, 0) is 6.07 Å². The summed E-state index contributed by atoms with van der Waals surface area (Å²) in [4.78, 5) is 0. The number of aliphatic hydroxyl groups is 1. The fourth-order valence-corrected chi connectivity index (χ4v) is 0.828. The summed E-state index contributed by atoms with van der Waals surface area (Å²) in [6, 6.07) is 5.59. The van der Waals surface area contributed by atoms with Crippen molar-refractivity contribution in [3.05, 3.63) is 35.6 Å². The van der Waals surface area contributed by atoms with Gasteiger partial charge < -0.3 is 5.11 Å². The molecule has 0 fully saturated rings. The molecule has 0 aliphatic heterocycles. The first-order chi connectivity index (χ1) is 5.25. The van der Waals surface area contributed by atoms with Gasteiger partial charge >= 0.3 is 0 Å². The first-order valence-corrected chi connectivity index (χ1v) is 3.24. The number of hydrogen-bond donors (Lipinski definition) is 1. The van der Waals surface area contributed by atoms with Gasteiger partial charge in [-0.2, -0.15) is 0 Å². The summed E-state index contributed by atoms with van der Waals surface area (Å²) >= 11 is 0. The van der Waals surface area contributed by atoms with E-state index in [0.717, 1.165) is 0 Å². The Balaban J connectivity index is 2.93. The van der Waals surface area contributed by atoms with Gasteiger partial charge in [-0.3, -0.25) is 0 Å². The lowest BCUT2D eigenvalue weighted by Gasteiger charge is -2.05. The zero-order valence-electron chi connectivity index (χ0n) is 5.80. The van der Waals surface area contributed by atoms with Crippen molar-refractivity contribution in [3.8, 4) is 0 Å². The molecule has 0 saturated carbocycles. The molecule has 0 unspecified atom stereocenters. The van der Waals surface area contributed by atoms with Crippen molar-refractivity contribution in [2.75, 3.05) is 6.67 Å². The molecule has 0 spiro atoms. The van der Waals surface area contributed by atoms with Gasteiger partial charge in [-0.1, -0.05) is 18.2 Å². The van der Waals surface area contributed by atoms with Gasteiger partial charge in [0.1, 0.15) is 18.6 Å². The SMILES string of the molecule is O[C@H](CF)c1ccccc1F. The van der Waals surface area contributed by atoms with E-state index in [1.807, 2.05) is 0 Å². The molecule has 0 aromatic heterocycles. The van der Waals surface area contributed by atoms with E-state index < -0.39 is 18.6 Å². The topological polar surface area (TPSA) is 20.2 Å². The summed E-state index contributed by atoms with van der Waals surface area (Å²) in [7, 11) is 0. The standard InChI is InChI=1S/C8H8F2O/c9-5-8(11)6-3-1-2-4-7(6)10/h1-4,8,11H,5H2/t8-/m1/s1. The number of halogens is 2. The molecule has 1 N–H and O–H groups in total. The third kappa shape index (κ3) is 1.74. The Hall–Kier alpha value is -0.960. The first kappa shape index (κ1) is 8.14. The largest absolute Gasteiger partial charge is 0.386 e. The quantitative estimate of drug-likeness (QED) is 0.696. The second-order valence-corrected chi connectivity index (χ2v) is 2.19. The predicted octanol–water partition coefficient (Wildman–Crippen LogP) is 1.83. The summed E-state index contributed by atoms with van der Waals surface area (Å²) in [6.45, 7) is -0.957. The average molecular weight is 158 g/mol. The highest BCUT2D eigenvalue weighted by Crippen LogP contribution is 2.16. The molecule has 0 bridgehead atoms. The van der Waals surface area contributed by atoms with Crippen LogP contribution in [0.2, 0.25) is 0 Å². The second-order valence-electron chi connectivity index (χ2n) is 2.19. The third-order valence-electron chi connectivity index (χ3n) is 1.41. The number of hydrogen-bond acceptors (Lipinski definition) is 1. The Morgan fingerprint density at radius 3 is 2.55 bits per heavy atom. The van der Waals surface area contributed by atoms with Crippen LogP contribution in [0.4, 0.5) is 8.78 Å². The summed E-state index contributed by atoms with van der Waals surface area (Å²) in [5, 5.41) is 8.90. The van der Waals surface area contributed by atoms with Gasteiger partial charge in [0.15, 0.2) is 0 Å². The van der Waals surface area contributed by atoms with Crippen molar-refractivity contribution in [1.82, 2.24) is 0 Å². The first-order valence-electron chi connectivity index (χ1n) is 3.24. The van der Waals surface area contributed by atoms with Crippen molar-refractivity contribution in [2.45, 2.75) is 6.10 Å². The minimum absolute atomic E-state index is 0.00926. The van der Waals surface area contributed by atoms with E-state index in [9.17, 15) is 8.78 Å². The van der Waals surface area contributed by atoms with Crippen LogP contribution in [0.3, 0.4) is 0 Å². The van der Waals surface area contributed by atoms with Crippen LogP contribution in [-0.4, -0.2) is 11.8 Å². The molecule has 1 rings (SSSR count). The van der Waals surface area contributed by atoms with Gasteiger partial charge in [0.25, 0.3) is 0 Å². The summed E-state index contributed by atoms with van der Waals surface area (Å²) in [5.41, 5.74) is 0.00926. The molecule has 1 nitrogen and oxygen atoms in total. The lowest BCUT2D eigenvalue weighted by atomic mass is 10.1. The van der Waals surface area contributed by atoms with Crippen LogP contribution in [0.1, 0.15) is 11.7 Å². The Kier molecular flexibility index (Phi) is 2.54. The number of rotatable bonds is 2. The zero-order valence-corrected chi connectivity index (χ0v) is 5.80. The van der Waals surface area contributed by atoms with Crippen molar-refractivity contribution in [2.24, 2.45) is 0 Å². The average Bonchev–Trinajstić information content (AvgIpc) is 2.04. The van der Waals surface area contributed by atoms with E-state index in [0.29, 0.717) is 0 Å². The Morgan fingerprint density at radius 1 is 1.36 bits per heavy atom. The highest BCUT2D eigenvalue weighted by Gasteiger charge is 2.10. The molecule has 0 aliphatic carbocycles. The molecule has 1 aromatic carbocycles. The molecule has 3 heteroatoms. The smallest absolute Gasteiger partial charge is 0.129 e. The van der Waals surface area contributed by atoms with Crippen LogP contribution < -0.4 is 0 Å². The molecule has 0 saturated heterocycles. The van der Waals surface area contributed by atoms with Crippen molar-refractivity contribution in [3.63, 3.8) is 0 Å². The summed E-state index contributed by atoms with van der Waals surface area (Å²) in [5.74, 6) is -0.572. The molecule has 0 aliphatic rings. The highest BCUT2D eigenvalue weighted by atomic mass is 19.1. The van der Waals surface area contributed by atoms with Crippen LogP contribution in [0, 0.1) is 5.82 Å². The van der Waals surface area contributed by atoms with Gasteiger partial charge in [0.2, 0.25) is 0 Å². The van der Waals surface area contributed by atoms with Crippen molar-refractivity contribution < 1.29 is 13.9 Å². The molecular weight excluding hydrogens is 150 g/mol. The molecule has 1 atom stereocenters. The Morgan fingerprint density at radius 2 is 2.00 bits per heavy atom. The summed E-state index contributed by atoms with van der Waals surface area (Å²) < 4.78 is 24.5. The van der Waals surface area contributed by atoms with Crippen molar-refractivity contribution >= 4 is 0 Å². The van der Waals surface area contributed by atoms with Crippen LogP contribution in [-0.2, 0) is 0 Å².